The molecule has 3 aromatic rings. The third kappa shape index (κ3) is 2.48. The summed E-state index contributed by atoms with van der Waals surface area (Å²) in [5, 5.41) is 2.72. The molecule has 1 N–H and O–H groups in total. The molecule has 0 fully saturated rings. The van der Waals surface area contributed by atoms with Gasteiger partial charge in [0, 0.05) is 39.9 Å². The van der Waals surface area contributed by atoms with Crippen molar-refractivity contribution in [2.24, 2.45) is 28.2 Å². The number of rotatable bonds is 2. The summed E-state index contributed by atoms with van der Waals surface area (Å²) < 4.78 is 5.05. The number of imidazole rings is 1. The number of benzene rings is 1. The summed E-state index contributed by atoms with van der Waals surface area (Å²) in [6, 6.07) is 4.61. The lowest BCUT2D eigenvalue weighted by atomic mass is 10.1. The Morgan fingerprint density at radius 3 is 1.96 bits per heavy atom. The number of fused-ring (bicyclic) bond motifs is 1. The molecule has 0 atom stereocenters. The first-order valence-corrected chi connectivity index (χ1v) is 7.88. The average molecular weight is 357 g/mol. The van der Waals surface area contributed by atoms with E-state index in [1.54, 1.807) is 33.2 Å². The zero-order valence-corrected chi connectivity index (χ0v) is 15.2. The SMILES string of the molecule is Cc1cc2c(cc1NC(=O)c1cc(=O)n(C)c(=O)n1C)n(C)c(=O)n2C. The molecule has 2 aromatic heterocycles. The second-order valence-electron chi connectivity index (χ2n) is 6.28. The first-order valence-electron chi connectivity index (χ1n) is 7.88. The molecule has 26 heavy (non-hydrogen) atoms. The van der Waals surface area contributed by atoms with Gasteiger partial charge in [-0.15, -0.1) is 0 Å². The molecule has 0 aliphatic carbocycles. The summed E-state index contributed by atoms with van der Waals surface area (Å²) in [7, 11) is 6.10. The molecule has 0 aliphatic heterocycles. The van der Waals surface area contributed by atoms with Gasteiger partial charge in [-0.05, 0) is 24.6 Å². The summed E-state index contributed by atoms with van der Waals surface area (Å²) in [6.07, 6.45) is 0. The average Bonchev–Trinajstić information content (AvgIpc) is 2.80. The minimum atomic E-state index is -0.583. The normalized spacial score (nSPS) is 11.1. The predicted molar refractivity (Wildman–Crippen MR) is 97.8 cm³/mol. The fourth-order valence-corrected chi connectivity index (χ4v) is 2.92. The minimum Gasteiger partial charge on any atom is -0.320 e. The van der Waals surface area contributed by atoms with Gasteiger partial charge in [0.25, 0.3) is 11.5 Å². The quantitative estimate of drug-likeness (QED) is 0.688. The Bertz CT molecular complexity index is 1240. The number of anilines is 1. The van der Waals surface area contributed by atoms with Gasteiger partial charge in [0.2, 0.25) is 0 Å². The van der Waals surface area contributed by atoms with Crippen LogP contribution in [0.25, 0.3) is 11.0 Å². The lowest BCUT2D eigenvalue weighted by molar-refractivity contribution is 0.101. The Kier molecular flexibility index (Phi) is 3.94. The van der Waals surface area contributed by atoms with Crippen LogP contribution in [0, 0.1) is 6.92 Å². The Balaban J connectivity index is 2.10. The molecule has 2 heterocycles. The van der Waals surface area contributed by atoms with Crippen molar-refractivity contribution in [3.8, 4) is 0 Å². The highest BCUT2D eigenvalue weighted by atomic mass is 16.2. The fraction of sp³-hybridized carbons (Fsp3) is 0.294. The van der Waals surface area contributed by atoms with E-state index in [0.717, 1.165) is 26.3 Å². The van der Waals surface area contributed by atoms with Crippen LogP contribution < -0.4 is 22.3 Å². The van der Waals surface area contributed by atoms with E-state index in [0.29, 0.717) is 11.2 Å². The maximum Gasteiger partial charge on any atom is 0.331 e. The number of carbonyl (C=O) groups is 1. The topological polar surface area (TPSA) is 100 Å². The van der Waals surface area contributed by atoms with Crippen LogP contribution in [-0.4, -0.2) is 24.2 Å². The lowest BCUT2D eigenvalue weighted by Gasteiger charge is -2.12. The van der Waals surface area contributed by atoms with Crippen molar-refractivity contribution >= 4 is 22.6 Å². The van der Waals surface area contributed by atoms with Crippen molar-refractivity contribution in [2.75, 3.05) is 5.32 Å². The van der Waals surface area contributed by atoms with Gasteiger partial charge in [-0.3, -0.25) is 27.9 Å². The number of nitrogens with one attached hydrogen (secondary N) is 1. The smallest absolute Gasteiger partial charge is 0.320 e. The van der Waals surface area contributed by atoms with E-state index in [1.807, 2.05) is 0 Å². The maximum atomic E-state index is 12.6. The lowest BCUT2D eigenvalue weighted by Crippen LogP contribution is -2.40. The van der Waals surface area contributed by atoms with Crippen LogP contribution in [0.15, 0.2) is 32.6 Å². The van der Waals surface area contributed by atoms with E-state index in [-0.39, 0.29) is 11.4 Å². The van der Waals surface area contributed by atoms with Gasteiger partial charge in [-0.25, -0.2) is 9.59 Å². The van der Waals surface area contributed by atoms with Crippen molar-refractivity contribution < 1.29 is 4.79 Å². The number of carbonyl (C=O) groups excluding carboxylic acids is 1. The number of hydrogen-bond donors (Lipinski definition) is 1. The van der Waals surface area contributed by atoms with Crippen LogP contribution in [0.5, 0.6) is 0 Å². The highest BCUT2D eigenvalue weighted by molar-refractivity contribution is 6.04. The Morgan fingerprint density at radius 1 is 0.808 bits per heavy atom. The first-order chi connectivity index (χ1) is 12.1. The Hall–Kier alpha value is -3.36. The number of aryl methyl sites for hydroxylation is 3. The third-order valence-electron chi connectivity index (χ3n) is 4.62. The molecule has 1 amide bonds. The summed E-state index contributed by atoms with van der Waals surface area (Å²) in [5.41, 5.74) is 1.30. The standard InChI is InChI=1S/C17H19N5O4/c1-9-6-11-12(20(3)16(25)19(11)2)7-10(9)18-15(24)13-8-14(23)22(5)17(26)21(13)4/h6-8H,1-5H3,(H,18,24). The van der Waals surface area contributed by atoms with Crippen molar-refractivity contribution in [3.05, 3.63) is 60.8 Å². The number of hydrogen-bond acceptors (Lipinski definition) is 4. The van der Waals surface area contributed by atoms with Crippen LogP contribution in [0.3, 0.4) is 0 Å². The van der Waals surface area contributed by atoms with Gasteiger partial charge in [0.15, 0.2) is 0 Å². The van der Waals surface area contributed by atoms with Crippen LogP contribution in [-0.2, 0) is 28.2 Å². The predicted octanol–water partition coefficient (Wildman–Crippen LogP) is -0.165. The molecular weight excluding hydrogens is 338 g/mol. The second kappa shape index (κ2) is 5.87. The fourth-order valence-electron chi connectivity index (χ4n) is 2.92. The Morgan fingerprint density at radius 2 is 1.35 bits per heavy atom. The van der Waals surface area contributed by atoms with Crippen LogP contribution in [0.1, 0.15) is 16.1 Å². The number of nitrogens with zero attached hydrogens (tertiary/aromatic N) is 4. The molecule has 0 aliphatic rings. The van der Waals surface area contributed by atoms with Crippen molar-refractivity contribution in [3.63, 3.8) is 0 Å². The zero-order chi connectivity index (χ0) is 19.3. The van der Waals surface area contributed by atoms with Gasteiger partial charge >= 0.3 is 11.4 Å². The van der Waals surface area contributed by atoms with Crippen molar-refractivity contribution in [1.29, 1.82) is 0 Å². The molecule has 0 bridgehead atoms. The van der Waals surface area contributed by atoms with E-state index >= 15 is 0 Å². The van der Waals surface area contributed by atoms with Gasteiger partial charge in [-0.2, -0.15) is 0 Å². The van der Waals surface area contributed by atoms with Gasteiger partial charge in [0.05, 0.1) is 11.0 Å². The third-order valence-corrected chi connectivity index (χ3v) is 4.62. The summed E-state index contributed by atoms with van der Waals surface area (Å²) >= 11 is 0. The van der Waals surface area contributed by atoms with E-state index in [2.05, 4.69) is 5.32 Å². The van der Waals surface area contributed by atoms with E-state index < -0.39 is 17.2 Å². The molecule has 9 heteroatoms. The highest BCUT2D eigenvalue weighted by Gasteiger charge is 2.16. The number of amides is 1. The van der Waals surface area contributed by atoms with Gasteiger partial charge < -0.3 is 5.32 Å². The molecule has 0 radical (unpaired) electrons. The Labute approximate surface area is 147 Å². The first kappa shape index (κ1) is 17.5. The molecule has 0 saturated heterocycles. The molecule has 136 valence electrons. The monoisotopic (exact) mass is 357 g/mol. The van der Waals surface area contributed by atoms with Crippen molar-refractivity contribution in [2.45, 2.75) is 6.92 Å². The second-order valence-corrected chi connectivity index (χ2v) is 6.28. The van der Waals surface area contributed by atoms with Crippen LogP contribution >= 0.6 is 0 Å². The molecule has 0 unspecified atom stereocenters. The maximum absolute atomic E-state index is 12.6. The molecule has 0 saturated carbocycles. The van der Waals surface area contributed by atoms with Crippen LogP contribution in [0.4, 0.5) is 5.69 Å². The number of aromatic nitrogens is 4. The summed E-state index contributed by atoms with van der Waals surface area (Å²) in [6.45, 7) is 1.80. The summed E-state index contributed by atoms with van der Waals surface area (Å²) in [5.74, 6) is -0.578. The van der Waals surface area contributed by atoms with E-state index in [1.165, 1.54) is 23.2 Å². The largest absolute Gasteiger partial charge is 0.331 e. The molecule has 9 nitrogen and oxygen atoms in total. The summed E-state index contributed by atoms with van der Waals surface area (Å²) in [4.78, 5) is 48.5. The molecule has 3 rings (SSSR count). The molecular formula is C17H19N5O4. The van der Waals surface area contributed by atoms with Gasteiger partial charge in [0.1, 0.15) is 5.69 Å². The highest BCUT2D eigenvalue weighted by Crippen LogP contribution is 2.23. The molecule has 0 spiro atoms. The van der Waals surface area contributed by atoms with E-state index in [9.17, 15) is 19.2 Å². The molecule has 1 aromatic carbocycles. The minimum absolute atomic E-state index is 0.0421. The van der Waals surface area contributed by atoms with Crippen molar-refractivity contribution in [1.82, 2.24) is 18.3 Å². The zero-order valence-electron chi connectivity index (χ0n) is 15.2. The van der Waals surface area contributed by atoms with E-state index in [4.69, 9.17) is 0 Å². The van der Waals surface area contributed by atoms with Gasteiger partial charge in [-0.1, -0.05) is 0 Å². The van der Waals surface area contributed by atoms with Crippen LogP contribution in [0.2, 0.25) is 0 Å².